The Labute approximate surface area is 133 Å². The summed E-state index contributed by atoms with van der Waals surface area (Å²) in [5, 5.41) is 0. The van der Waals surface area contributed by atoms with Crippen molar-refractivity contribution >= 4 is 12.0 Å². The molecule has 5 nitrogen and oxygen atoms in total. The summed E-state index contributed by atoms with van der Waals surface area (Å²) in [4.78, 5) is 27.9. The maximum Gasteiger partial charge on any atom is 0.410 e. The monoisotopic (exact) mass is 308 g/mol. The molecule has 1 aliphatic heterocycles. The molecule has 0 aliphatic carbocycles. The van der Waals surface area contributed by atoms with Gasteiger partial charge in [-0.05, 0) is 33.6 Å². The molecule has 0 aromatic rings. The highest BCUT2D eigenvalue weighted by atomic mass is 16.6. The van der Waals surface area contributed by atoms with Crippen LogP contribution in [0.4, 0.5) is 4.79 Å². The number of nitrogens with zero attached hydrogens (tertiary/aromatic N) is 2. The Morgan fingerprint density at radius 2 is 1.68 bits per heavy atom. The molecule has 1 saturated heterocycles. The van der Waals surface area contributed by atoms with Crippen LogP contribution in [0.3, 0.4) is 0 Å². The number of piperidine rings is 1. The van der Waals surface area contributed by atoms with Crippen LogP contribution >= 0.6 is 0 Å². The standard InChI is InChI=1S/C17H28N2O3/c1-6-10-18(11-7-2)15(20)14-8-12-19(13-9-14)16(21)22-17(3,4)5/h6-7,14H,1-2,8-13H2,3-5H3. The summed E-state index contributed by atoms with van der Waals surface area (Å²) in [5.41, 5.74) is -0.492. The molecule has 0 radical (unpaired) electrons. The Hall–Kier alpha value is -1.78. The van der Waals surface area contributed by atoms with Crippen molar-refractivity contribution in [3.05, 3.63) is 25.3 Å². The van der Waals surface area contributed by atoms with Crippen LogP contribution in [0.25, 0.3) is 0 Å². The Morgan fingerprint density at radius 3 is 2.09 bits per heavy atom. The molecule has 1 heterocycles. The van der Waals surface area contributed by atoms with Crippen molar-refractivity contribution in [2.45, 2.75) is 39.2 Å². The first-order valence-electron chi connectivity index (χ1n) is 7.77. The average Bonchev–Trinajstić information content (AvgIpc) is 2.44. The molecule has 0 aromatic heterocycles. The molecule has 1 fully saturated rings. The smallest absolute Gasteiger partial charge is 0.410 e. The van der Waals surface area contributed by atoms with E-state index in [1.54, 1.807) is 22.0 Å². The fourth-order valence-electron chi connectivity index (χ4n) is 2.46. The zero-order chi connectivity index (χ0) is 16.8. The van der Waals surface area contributed by atoms with E-state index in [1.165, 1.54) is 0 Å². The van der Waals surface area contributed by atoms with Gasteiger partial charge in [0.1, 0.15) is 5.60 Å². The summed E-state index contributed by atoms with van der Waals surface area (Å²) in [5.74, 6) is 0.0715. The summed E-state index contributed by atoms with van der Waals surface area (Å²) in [6, 6.07) is 0. The van der Waals surface area contributed by atoms with Crippen LogP contribution in [0.5, 0.6) is 0 Å². The van der Waals surface area contributed by atoms with Gasteiger partial charge in [0.15, 0.2) is 0 Å². The fourth-order valence-corrected chi connectivity index (χ4v) is 2.46. The van der Waals surface area contributed by atoms with Crippen LogP contribution in [0.2, 0.25) is 0 Å². The molecular formula is C17H28N2O3. The van der Waals surface area contributed by atoms with Crippen molar-refractivity contribution in [1.29, 1.82) is 0 Å². The van der Waals surface area contributed by atoms with Gasteiger partial charge in [0.25, 0.3) is 0 Å². The molecule has 1 aliphatic rings. The number of carbonyl (C=O) groups excluding carboxylic acids is 2. The first-order valence-corrected chi connectivity index (χ1v) is 7.77. The lowest BCUT2D eigenvalue weighted by Gasteiger charge is -2.34. The van der Waals surface area contributed by atoms with Crippen LogP contribution in [0.1, 0.15) is 33.6 Å². The predicted molar refractivity (Wildman–Crippen MR) is 87.5 cm³/mol. The number of amides is 2. The Balaban J connectivity index is 2.53. The molecule has 0 bridgehead atoms. The lowest BCUT2D eigenvalue weighted by Crippen LogP contribution is -2.45. The Bertz CT molecular complexity index is 408. The van der Waals surface area contributed by atoms with Crippen molar-refractivity contribution in [1.82, 2.24) is 9.80 Å². The molecule has 0 saturated carbocycles. The number of hydrogen-bond donors (Lipinski definition) is 0. The maximum absolute atomic E-state index is 12.5. The highest BCUT2D eigenvalue weighted by molar-refractivity contribution is 5.79. The lowest BCUT2D eigenvalue weighted by molar-refractivity contribution is -0.136. The molecule has 22 heavy (non-hydrogen) atoms. The van der Waals surface area contributed by atoms with E-state index in [0.717, 1.165) is 0 Å². The van der Waals surface area contributed by atoms with Crippen LogP contribution in [0, 0.1) is 5.92 Å². The zero-order valence-electron chi connectivity index (χ0n) is 14.0. The van der Waals surface area contributed by atoms with Crippen molar-refractivity contribution in [3.63, 3.8) is 0 Å². The minimum atomic E-state index is -0.492. The summed E-state index contributed by atoms with van der Waals surface area (Å²) in [6.07, 6.45) is 4.48. The minimum absolute atomic E-state index is 0.0430. The highest BCUT2D eigenvalue weighted by Crippen LogP contribution is 2.21. The summed E-state index contributed by atoms with van der Waals surface area (Å²) in [7, 11) is 0. The quantitative estimate of drug-likeness (QED) is 0.734. The van der Waals surface area contributed by atoms with E-state index in [-0.39, 0.29) is 17.9 Å². The van der Waals surface area contributed by atoms with Gasteiger partial charge in [0.05, 0.1) is 0 Å². The summed E-state index contributed by atoms with van der Waals surface area (Å²) in [6.45, 7) is 15.1. The highest BCUT2D eigenvalue weighted by Gasteiger charge is 2.31. The second-order valence-corrected chi connectivity index (χ2v) is 6.56. The van der Waals surface area contributed by atoms with Crippen LogP contribution in [0.15, 0.2) is 25.3 Å². The van der Waals surface area contributed by atoms with Crippen molar-refractivity contribution < 1.29 is 14.3 Å². The van der Waals surface area contributed by atoms with Crippen LogP contribution in [-0.2, 0) is 9.53 Å². The van der Waals surface area contributed by atoms with Gasteiger partial charge in [-0.15, -0.1) is 13.2 Å². The normalized spacial score (nSPS) is 16.0. The van der Waals surface area contributed by atoms with E-state index in [9.17, 15) is 9.59 Å². The van der Waals surface area contributed by atoms with Gasteiger partial charge >= 0.3 is 6.09 Å². The molecule has 0 spiro atoms. The topological polar surface area (TPSA) is 49.9 Å². The Morgan fingerprint density at radius 1 is 1.18 bits per heavy atom. The number of ether oxygens (including phenoxy) is 1. The predicted octanol–water partition coefficient (Wildman–Crippen LogP) is 2.83. The van der Waals surface area contributed by atoms with Gasteiger partial charge in [-0.2, -0.15) is 0 Å². The van der Waals surface area contributed by atoms with E-state index >= 15 is 0 Å². The first-order chi connectivity index (χ1) is 10.3. The molecule has 0 N–H and O–H groups in total. The molecule has 0 aromatic carbocycles. The number of hydrogen-bond acceptors (Lipinski definition) is 3. The molecule has 124 valence electrons. The maximum atomic E-state index is 12.5. The van der Waals surface area contributed by atoms with E-state index in [2.05, 4.69) is 13.2 Å². The SMILES string of the molecule is C=CCN(CC=C)C(=O)C1CCN(C(=O)OC(C)(C)C)CC1. The van der Waals surface area contributed by atoms with Crippen molar-refractivity contribution in [3.8, 4) is 0 Å². The van der Waals surface area contributed by atoms with Gasteiger partial charge in [0, 0.05) is 32.1 Å². The van der Waals surface area contributed by atoms with E-state index in [0.29, 0.717) is 39.0 Å². The third-order valence-corrected chi connectivity index (χ3v) is 3.51. The van der Waals surface area contributed by atoms with Gasteiger partial charge in [-0.3, -0.25) is 4.79 Å². The second kappa shape index (κ2) is 8.01. The van der Waals surface area contributed by atoms with Gasteiger partial charge in [0.2, 0.25) is 5.91 Å². The largest absolute Gasteiger partial charge is 0.444 e. The summed E-state index contributed by atoms with van der Waals surface area (Å²) >= 11 is 0. The average molecular weight is 308 g/mol. The number of likely N-dealkylation sites (tertiary alicyclic amines) is 1. The Kier molecular flexibility index (Phi) is 6.65. The van der Waals surface area contributed by atoms with E-state index in [1.807, 2.05) is 20.8 Å². The molecular weight excluding hydrogens is 280 g/mol. The second-order valence-electron chi connectivity index (χ2n) is 6.56. The van der Waals surface area contributed by atoms with E-state index < -0.39 is 5.60 Å². The van der Waals surface area contributed by atoms with Gasteiger partial charge in [-0.25, -0.2) is 4.79 Å². The summed E-state index contributed by atoms with van der Waals surface area (Å²) < 4.78 is 5.36. The number of carbonyl (C=O) groups is 2. The molecule has 0 atom stereocenters. The minimum Gasteiger partial charge on any atom is -0.444 e. The first kappa shape index (κ1) is 18.3. The fraction of sp³-hybridized carbons (Fsp3) is 0.647. The van der Waals surface area contributed by atoms with E-state index in [4.69, 9.17) is 4.74 Å². The van der Waals surface area contributed by atoms with Crippen LogP contribution in [-0.4, -0.2) is 53.6 Å². The molecule has 0 unspecified atom stereocenters. The third-order valence-electron chi connectivity index (χ3n) is 3.51. The lowest BCUT2D eigenvalue weighted by atomic mass is 9.95. The third kappa shape index (κ3) is 5.54. The molecule has 1 rings (SSSR count). The van der Waals surface area contributed by atoms with Gasteiger partial charge in [-0.1, -0.05) is 12.2 Å². The molecule has 5 heteroatoms. The molecule has 2 amide bonds. The van der Waals surface area contributed by atoms with Gasteiger partial charge < -0.3 is 14.5 Å². The van der Waals surface area contributed by atoms with Crippen molar-refractivity contribution in [2.75, 3.05) is 26.2 Å². The zero-order valence-corrected chi connectivity index (χ0v) is 14.0. The van der Waals surface area contributed by atoms with Crippen LogP contribution < -0.4 is 0 Å². The van der Waals surface area contributed by atoms with Crippen molar-refractivity contribution in [2.24, 2.45) is 5.92 Å². The number of rotatable bonds is 5.